The van der Waals surface area contributed by atoms with E-state index in [0.717, 1.165) is 64.2 Å². The number of halogens is 3. The zero-order valence-electron chi connectivity index (χ0n) is 22.8. The lowest BCUT2D eigenvalue weighted by Crippen LogP contribution is -2.47. The maximum absolute atomic E-state index is 14.1. The van der Waals surface area contributed by atoms with Crippen molar-refractivity contribution < 1.29 is 27.5 Å². The topological polar surface area (TPSA) is 80.6 Å². The Labute approximate surface area is 231 Å². The van der Waals surface area contributed by atoms with Gasteiger partial charge in [-0.15, -0.1) is 0 Å². The minimum Gasteiger partial charge on any atom is -0.461 e. The highest BCUT2D eigenvalue weighted by Gasteiger charge is 2.57. The fourth-order valence-corrected chi connectivity index (χ4v) is 7.68. The van der Waals surface area contributed by atoms with E-state index in [1.807, 2.05) is 10.9 Å². The van der Waals surface area contributed by atoms with E-state index in [1.165, 1.54) is 6.07 Å². The van der Waals surface area contributed by atoms with Crippen LogP contribution in [-0.4, -0.2) is 68.7 Å². The smallest absolute Gasteiger partial charge is 0.417 e. The number of piperidine rings is 1. The van der Waals surface area contributed by atoms with E-state index in [1.54, 1.807) is 17.9 Å². The molecule has 1 saturated heterocycles. The van der Waals surface area contributed by atoms with Crippen molar-refractivity contribution in [1.29, 1.82) is 0 Å². The van der Waals surface area contributed by atoms with Gasteiger partial charge in [-0.3, -0.25) is 14.5 Å². The highest BCUT2D eigenvalue weighted by atomic mass is 19.4. The molecule has 4 heterocycles. The van der Waals surface area contributed by atoms with Gasteiger partial charge in [0.25, 0.3) is 0 Å². The number of rotatable bonds is 5. The third-order valence-electron chi connectivity index (χ3n) is 9.68. The number of pyridine rings is 1. The van der Waals surface area contributed by atoms with E-state index in [2.05, 4.69) is 15.0 Å². The molecule has 0 radical (unpaired) electrons. The number of nitrogens with zero attached hydrogens (tertiary/aromatic N) is 5. The fourth-order valence-electron chi connectivity index (χ4n) is 7.68. The van der Waals surface area contributed by atoms with Crippen LogP contribution in [-0.2, 0) is 28.7 Å². The maximum Gasteiger partial charge on any atom is 0.417 e. The van der Waals surface area contributed by atoms with Gasteiger partial charge >= 0.3 is 12.1 Å². The van der Waals surface area contributed by atoms with Gasteiger partial charge in [0.2, 0.25) is 5.91 Å². The molecule has 0 aromatic carbocycles. The Hall–Kier alpha value is -2.95. The molecule has 1 amide bonds. The summed E-state index contributed by atoms with van der Waals surface area (Å²) in [6.45, 7) is 4.61. The summed E-state index contributed by atoms with van der Waals surface area (Å²) in [5, 5.41) is 4.45. The minimum absolute atomic E-state index is 0.124. The zero-order chi connectivity index (χ0) is 28.1. The van der Waals surface area contributed by atoms with Crippen molar-refractivity contribution in [3.05, 3.63) is 47.0 Å². The molecule has 11 heteroatoms. The lowest BCUT2D eigenvalue weighted by atomic mass is 9.78. The monoisotopic (exact) mass is 559 g/mol. The predicted molar refractivity (Wildman–Crippen MR) is 139 cm³/mol. The van der Waals surface area contributed by atoms with Crippen molar-refractivity contribution in [1.82, 2.24) is 24.6 Å². The van der Waals surface area contributed by atoms with Gasteiger partial charge < -0.3 is 14.5 Å². The Bertz CT molecular complexity index is 1270. The van der Waals surface area contributed by atoms with Crippen LogP contribution in [0, 0.1) is 11.3 Å². The number of fused-ring (bicyclic) bond motifs is 2. The van der Waals surface area contributed by atoms with Crippen LogP contribution in [0.15, 0.2) is 24.5 Å². The molecule has 8 nitrogen and oxygen atoms in total. The number of likely N-dealkylation sites (tertiary alicyclic amines) is 1. The summed E-state index contributed by atoms with van der Waals surface area (Å²) < 4.78 is 46.8. The van der Waals surface area contributed by atoms with E-state index in [0.29, 0.717) is 48.5 Å². The Morgan fingerprint density at radius 2 is 1.95 bits per heavy atom. The first-order chi connectivity index (χ1) is 19.2. The summed E-state index contributed by atoms with van der Waals surface area (Å²) in [6.07, 6.45) is 5.37. The highest BCUT2D eigenvalue weighted by molar-refractivity contribution is 5.87. The molecule has 2 aliphatic carbocycles. The Morgan fingerprint density at radius 1 is 1.15 bits per heavy atom. The average molecular weight is 560 g/mol. The fraction of sp³-hybridized carbons (Fsp3) is 0.655. The molecule has 2 saturated carbocycles. The quantitative estimate of drug-likeness (QED) is 0.497. The summed E-state index contributed by atoms with van der Waals surface area (Å²) in [7, 11) is 0. The summed E-state index contributed by atoms with van der Waals surface area (Å²) >= 11 is 0. The molecule has 0 N–H and O–H groups in total. The lowest BCUT2D eigenvalue weighted by Gasteiger charge is -2.39. The molecular formula is C29H36F3N5O3. The minimum atomic E-state index is -4.45. The lowest BCUT2D eigenvalue weighted by molar-refractivity contribution is -0.144. The van der Waals surface area contributed by atoms with Crippen LogP contribution in [0.2, 0.25) is 0 Å². The molecule has 0 bridgehead atoms. The molecule has 2 aromatic heterocycles. The number of esters is 1. The number of carbonyl (C=O) groups excluding carboxylic acids is 2. The van der Waals surface area contributed by atoms with Gasteiger partial charge in [-0.2, -0.15) is 18.3 Å². The van der Waals surface area contributed by atoms with Gasteiger partial charge in [0, 0.05) is 56.7 Å². The molecule has 2 aromatic rings. The normalized spacial score (nSPS) is 27.4. The van der Waals surface area contributed by atoms with Crippen LogP contribution in [0.1, 0.15) is 85.2 Å². The van der Waals surface area contributed by atoms with Crippen LogP contribution in [0.3, 0.4) is 0 Å². The second-order valence-electron chi connectivity index (χ2n) is 11.8. The summed E-state index contributed by atoms with van der Waals surface area (Å²) in [5.41, 5.74) is 0.344. The number of aromatic nitrogens is 3. The third-order valence-corrected chi connectivity index (χ3v) is 9.68. The molecular weight excluding hydrogens is 523 g/mol. The van der Waals surface area contributed by atoms with Crippen molar-refractivity contribution in [3.8, 4) is 0 Å². The number of amides is 1. The van der Waals surface area contributed by atoms with Gasteiger partial charge in [0.05, 0.1) is 23.6 Å². The molecule has 40 heavy (non-hydrogen) atoms. The molecule has 0 unspecified atom stereocenters. The first kappa shape index (κ1) is 27.2. The summed E-state index contributed by atoms with van der Waals surface area (Å²) in [4.78, 5) is 34.5. The zero-order valence-corrected chi connectivity index (χ0v) is 22.8. The number of hydrogen-bond acceptors (Lipinski definition) is 6. The van der Waals surface area contributed by atoms with Gasteiger partial charge in [-0.05, 0) is 69.1 Å². The number of ether oxygens (including phenoxy) is 1. The standard InChI is InChI=1S/C29H36F3N5O3/c1-2-40-26(38)25-8-13-37(34-25)22-5-10-35(11-6-22)23-15-20-4-3-9-28(20,16-23)27(39)36-12-7-24-19(18-36)14-21(17-33-24)29(30,31)32/h8,13-14,17,20,22-23H,2-7,9-12,15-16,18H2,1H3/t20-,23+,28-/m1/s1. The van der Waals surface area contributed by atoms with Crippen LogP contribution >= 0.6 is 0 Å². The van der Waals surface area contributed by atoms with Crippen LogP contribution in [0.25, 0.3) is 0 Å². The van der Waals surface area contributed by atoms with Crippen molar-refractivity contribution >= 4 is 11.9 Å². The first-order valence-corrected chi connectivity index (χ1v) is 14.5. The van der Waals surface area contributed by atoms with Crippen molar-refractivity contribution in [2.75, 3.05) is 26.2 Å². The maximum atomic E-state index is 14.1. The molecule has 3 fully saturated rings. The Kier molecular flexibility index (Phi) is 7.13. The number of carbonyl (C=O) groups is 2. The van der Waals surface area contributed by atoms with Crippen molar-refractivity contribution in [3.63, 3.8) is 0 Å². The van der Waals surface area contributed by atoms with Gasteiger partial charge in [-0.1, -0.05) is 6.42 Å². The predicted octanol–water partition coefficient (Wildman–Crippen LogP) is 4.64. The Morgan fingerprint density at radius 3 is 2.70 bits per heavy atom. The van der Waals surface area contributed by atoms with Crippen molar-refractivity contribution in [2.45, 2.75) is 83.1 Å². The summed E-state index contributed by atoms with van der Waals surface area (Å²) in [6, 6.07) is 3.43. The highest BCUT2D eigenvalue weighted by Crippen LogP contribution is 2.57. The van der Waals surface area contributed by atoms with Crippen LogP contribution in [0.4, 0.5) is 13.2 Å². The Balaban J connectivity index is 1.10. The largest absolute Gasteiger partial charge is 0.461 e. The first-order valence-electron chi connectivity index (χ1n) is 14.5. The molecule has 0 spiro atoms. The third kappa shape index (κ3) is 4.90. The van der Waals surface area contributed by atoms with E-state index in [-0.39, 0.29) is 18.5 Å². The number of hydrogen-bond donors (Lipinski definition) is 0. The molecule has 216 valence electrons. The van der Waals surface area contributed by atoms with E-state index in [4.69, 9.17) is 4.74 Å². The van der Waals surface area contributed by atoms with Crippen molar-refractivity contribution in [2.24, 2.45) is 11.3 Å². The second kappa shape index (κ2) is 10.5. The second-order valence-corrected chi connectivity index (χ2v) is 11.8. The van der Waals surface area contributed by atoms with Gasteiger partial charge in [-0.25, -0.2) is 4.79 Å². The van der Waals surface area contributed by atoms with E-state index in [9.17, 15) is 22.8 Å². The van der Waals surface area contributed by atoms with Crippen LogP contribution < -0.4 is 0 Å². The average Bonchev–Trinajstić information content (AvgIpc) is 3.67. The van der Waals surface area contributed by atoms with E-state index >= 15 is 0 Å². The summed E-state index contributed by atoms with van der Waals surface area (Å²) in [5.74, 6) is 0.0425. The SMILES string of the molecule is CCOC(=O)c1ccn(C2CCN([C@H]3C[C@H]4CCC[C@@]4(C(=O)N4CCc5ncc(C(F)(F)F)cc5C4)C3)CC2)n1. The molecule has 6 rings (SSSR count). The molecule has 3 atom stereocenters. The van der Waals surface area contributed by atoms with E-state index < -0.39 is 23.1 Å². The van der Waals surface area contributed by atoms with Gasteiger partial charge in [0.15, 0.2) is 5.69 Å². The molecule has 4 aliphatic rings. The number of alkyl halides is 3. The van der Waals surface area contributed by atoms with Gasteiger partial charge in [0.1, 0.15) is 0 Å². The molecule has 2 aliphatic heterocycles. The van der Waals surface area contributed by atoms with Crippen LogP contribution in [0.5, 0.6) is 0 Å².